The van der Waals surface area contributed by atoms with Gasteiger partial charge in [-0.05, 0) is 39.2 Å². The lowest BCUT2D eigenvalue weighted by molar-refractivity contribution is 0.0365. The minimum atomic E-state index is 0.381. The maximum absolute atomic E-state index is 5.84. The summed E-state index contributed by atoms with van der Waals surface area (Å²) in [5, 5.41) is 0. The van der Waals surface area contributed by atoms with Crippen LogP contribution in [0.15, 0.2) is 6.07 Å². The predicted molar refractivity (Wildman–Crippen MR) is 81.0 cm³/mol. The van der Waals surface area contributed by atoms with E-state index in [1.807, 2.05) is 6.92 Å². The molecule has 5 heteroatoms. The molecule has 1 aliphatic heterocycles. The zero-order chi connectivity index (χ0) is 14.4. The van der Waals surface area contributed by atoms with Crippen LogP contribution in [0.2, 0.25) is 0 Å². The molecule has 1 aromatic heterocycles. The Morgan fingerprint density at radius 2 is 2.10 bits per heavy atom. The van der Waals surface area contributed by atoms with Crippen LogP contribution in [0, 0.1) is 6.92 Å². The third-order valence-corrected chi connectivity index (χ3v) is 3.71. The Bertz CT molecular complexity index is 416. The van der Waals surface area contributed by atoms with E-state index in [2.05, 4.69) is 27.9 Å². The Hall–Kier alpha value is -1.20. The summed E-state index contributed by atoms with van der Waals surface area (Å²) >= 11 is 0. The summed E-state index contributed by atoms with van der Waals surface area (Å²) in [4.78, 5) is 11.3. The summed E-state index contributed by atoms with van der Waals surface area (Å²) in [7, 11) is 0. The highest BCUT2D eigenvalue weighted by atomic mass is 16.5. The fourth-order valence-corrected chi connectivity index (χ4v) is 2.54. The summed E-state index contributed by atoms with van der Waals surface area (Å²) in [6.07, 6.45) is 4.41. The molecule has 2 N–H and O–H groups in total. The van der Waals surface area contributed by atoms with Gasteiger partial charge in [0.1, 0.15) is 11.6 Å². The number of ether oxygens (including phenoxy) is 1. The van der Waals surface area contributed by atoms with Gasteiger partial charge in [-0.25, -0.2) is 9.97 Å². The van der Waals surface area contributed by atoms with E-state index in [0.717, 1.165) is 62.7 Å². The summed E-state index contributed by atoms with van der Waals surface area (Å²) in [6, 6.07) is 2.11. The van der Waals surface area contributed by atoms with E-state index < -0.39 is 0 Å². The van der Waals surface area contributed by atoms with E-state index in [9.17, 15) is 0 Å². The topological polar surface area (TPSA) is 64.3 Å². The number of hydrogen-bond donors (Lipinski definition) is 1. The fraction of sp³-hybridized carbons (Fsp3) is 0.733. The molecule has 2 rings (SSSR count). The van der Waals surface area contributed by atoms with Gasteiger partial charge in [-0.3, -0.25) is 0 Å². The molecule has 20 heavy (non-hydrogen) atoms. The third kappa shape index (κ3) is 4.15. The highest BCUT2D eigenvalue weighted by Crippen LogP contribution is 2.20. The maximum atomic E-state index is 5.84. The van der Waals surface area contributed by atoms with Crippen LogP contribution in [0.25, 0.3) is 0 Å². The molecular weight excluding hydrogens is 252 g/mol. The van der Waals surface area contributed by atoms with E-state index in [1.165, 1.54) is 0 Å². The van der Waals surface area contributed by atoms with Crippen molar-refractivity contribution in [3.8, 4) is 0 Å². The molecule has 0 radical (unpaired) electrons. The van der Waals surface area contributed by atoms with Crippen LogP contribution in [-0.4, -0.2) is 42.3 Å². The second kappa shape index (κ2) is 7.55. The fourth-order valence-electron chi connectivity index (χ4n) is 2.54. The maximum Gasteiger partial charge on any atom is 0.132 e. The Morgan fingerprint density at radius 1 is 1.35 bits per heavy atom. The van der Waals surface area contributed by atoms with Crippen molar-refractivity contribution in [1.82, 2.24) is 9.97 Å². The second-order valence-corrected chi connectivity index (χ2v) is 5.32. The molecule has 1 aliphatic rings. The summed E-state index contributed by atoms with van der Waals surface area (Å²) in [6.45, 7) is 7.60. The number of aryl methyl sites for hydroxylation is 2. The smallest absolute Gasteiger partial charge is 0.132 e. The van der Waals surface area contributed by atoms with Gasteiger partial charge < -0.3 is 15.4 Å². The van der Waals surface area contributed by atoms with Crippen LogP contribution in [0.4, 0.5) is 5.82 Å². The van der Waals surface area contributed by atoms with E-state index in [0.29, 0.717) is 12.6 Å². The molecular formula is C15H26N4O. The first-order chi connectivity index (χ1) is 9.72. The molecule has 0 spiro atoms. The molecule has 2 heterocycles. The van der Waals surface area contributed by atoms with E-state index in [1.54, 1.807) is 0 Å². The van der Waals surface area contributed by atoms with Crippen LogP contribution >= 0.6 is 0 Å². The number of aromatic nitrogens is 2. The van der Waals surface area contributed by atoms with Crippen molar-refractivity contribution in [3.63, 3.8) is 0 Å². The molecule has 1 fully saturated rings. The standard InChI is InChI=1S/C15H26N4O/c1-3-13-11-15(18-12(2)17-13)19-8-5-14(6-9-19)20-10-4-7-16/h11,14H,3-10,16H2,1-2H3. The zero-order valence-corrected chi connectivity index (χ0v) is 12.6. The van der Waals surface area contributed by atoms with Crippen molar-refractivity contribution in [1.29, 1.82) is 0 Å². The SMILES string of the molecule is CCc1cc(N2CCC(OCCCN)CC2)nc(C)n1. The average molecular weight is 278 g/mol. The Labute approximate surface area is 121 Å². The first kappa shape index (κ1) is 15.2. The number of hydrogen-bond acceptors (Lipinski definition) is 5. The van der Waals surface area contributed by atoms with Crippen LogP contribution in [0.5, 0.6) is 0 Å². The Morgan fingerprint density at radius 3 is 2.75 bits per heavy atom. The number of piperidine rings is 1. The lowest BCUT2D eigenvalue weighted by atomic mass is 10.1. The Balaban J connectivity index is 1.88. The van der Waals surface area contributed by atoms with Crippen LogP contribution in [0.1, 0.15) is 37.7 Å². The lowest BCUT2D eigenvalue weighted by Crippen LogP contribution is -2.38. The van der Waals surface area contributed by atoms with Crippen molar-refractivity contribution >= 4 is 5.82 Å². The molecule has 0 bridgehead atoms. The van der Waals surface area contributed by atoms with Crippen molar-refractivity contribution in [2.24, 2.45) is 5.73 Å². The van der Waals surface area contributed by atoms with E-state index >= 15 is 0 Å². The minimum Gasteiger partial charge on any atom is -0.378 e. The molecule has 112 valence electrons. The summed E-state index contributed by atoms with van der Waals surface area (Å²) in [5.74, 6) is 1.93. The summed E-state index contributed by atoms with van der Waals surface area (Å²) < 4.78 is 5.84. The number of nitrogens with two attached hydrogens (primary N) is 1. The van der Waals surface area contributed by atoms with Crippen LogP contribution < -0.4 is 10.6 Å². The van der Waals surface area contributed by atoms with Gasteiger partial charge in [0, 0.05) is 31.5 Å². The molecule has 0 atom stereocenters. The number of nitrogens with zero attached hydrogens (tertiary/aromatic N) is 3. The van der Waals surface area contributed by atoms with Gasteiger partial charge in [-0.15, -0.1) is 0 Å². The molecule has 1 saturated heterocycles. The van der Waals surface area contributed by atoms with Gasteiger partial charge in [0.25, 0.3) is 0 Å². The monoisotopic (exact) mass is 278 g/mol. The normalized spacial score (nSPS) is 16.6. The van der Waals surface area contributed by atoms with Crippen LogP contribution in [0.3, 0.4) is 0 Å². The van der Waals surface area contributed by atoms with Gasteiger partial charge >= 0.3 is 0 Å². The highest BCUT2D eigenvalue weighted by Gasteiger charge is 2.21. The van der Waals surface area contributed by atoms with Gasteiger partial charge in [0.2, 0.25) is 0 Å². The highest BCUT2D eigenvalue weighted by molar-refractivity contribution is 5.40. The first-order valence-electron chi connectivity index (χ1n) is 7.64. The van der Waals surface area contributed by atoms with E-state index in [-0.39, 0.29) is 0 Å². The molecule has 0 amide bonds. The molecule has 0 aliphatic carbocycles. The van der Waals surface area contributed by atoms with Gasteiger partial charge in [-0.2, -0.15) is 0 Å². The Kier molecular flexibility index (Phi) is 5.73. The molecule has 0 saturated carbocycles. The van der Waals surface area contributed by atoms with E-state index in [4.69, 9.17) is 10.5 Å². The first-order valence-corrected chi connectivity index (χ1v) is 7.64. The predicted octanol–water partition coefficient (Wildman–Crippen LogP) is 1.68. The van der Waals surface area contributed by atoms with Crippen molar-refractivity contribution in [3.05, 3.63) is 17.6 Å². The quantitative estimate of drug-likeness (QED) is 0.802. The molecule has 1 aromatic rings. The average Bonchev–Trinajstić information content (AvgIpc) is 2.47. The van der Waals surface area contributed by atoms with Crippen molar-refractivity contribution < 1.29 is 4.74 Å². The van der Waals surface area contributed by atoms with Crippen molar-refractivity contribution in [2.75, 3.05) is 31.1 Å². The second-order valence-electron chi connectivity index (χ2n) is 5.32. The number of anilines is 1. The largest absolute Gasteiger partial charge is 0.378 e. The lowest BCUT2D eigenvalue weighted by Gasteiger charge is -2.33. The zero-order valence-electron chi connectivity index (χ0n) is 12.6. The van der Waals surface area contributed by atoms with Gasteiger partial charge in [0.05, 0.1) is 6.10 Å². The third-order valence-electron chi connectivity index (χ3n) is 3.71. The summed E-state index contributed by atoms with van der Waals surface area (Å²) in [5.41, 5.74) is 6.60. The molecule has 0 aromatic carbocycles. The molecule has 5 nitrogen and oxygen atoms in total. The van der Waals surface area contributed by atoms with Crippen LogP contribution in [-0.2, 0) is 11.2 Å². The molecule has 0 unspecified atom stereocenters. The van der Waals surface area contributed by atoms with Crippen molar-refractivity contribution in [2.45, 2.75) is 45.6 Å². The van der Waals surface area contributed by atoms with Gasteiger partial charge in [-0.1, -0.05) is 6.92 Å². The van der Waals surface area contributed by atoms with Gasteiger partial charge in [0.15, 0.2) is 0 Å². The minimum absolute atomic E-state index is 0.381. The number of rotatable bonds is 6.